The van der Waals surface area contributed by atoms with Crippen LogP contribution in [0.4, 0.5) is 4.39 Å². The fourth-order valence-corrected chi connectivity index (χ4v) is 7.92. The molecule has 5 atom stereocenters. The largest absolute Gasteiger partial charge is 0.381 e. The van der Waals surface area contributed by atoms with Crippen molar-refractivity contribution in [2.75, 3.05) is 5.88 Å². The number of thioether (sulfide) groups is 1. The van der Waals surface area contributed by atoms with Gasteiger partial charge in [-0.3, -0.25) is 14.4 Å². The van der Waals surface area contributed by atoms with Crippen molar-refractivity contribution >= 4 is 29.5 Å². The van der Waals surface area contributed by atoms with E-state index in [-0.39, 0.29) is 35.4 Å². The van der Waals surface area contributed by atoms with Gasteiger partial charge in [0.25, 0.3) is 11.8 Å². The average Bonchev–Trinajstić information content (AvgIpc) is 3.52. The second-order valence-corrected chi connectivity index (χ2v) is 12.5. The molecule has 0 spiro atoms. The molecule has 2 N–H and O–H groups in total. The number of fused-ring (bicyclic) bond motifs is 2. The van der Waals surface area contributed by atoms with E-state index in [2.05, 4.69) is 17.4 Å². The van der Waals surface area contributed by atoms with Crippen LogP contribution in [0.5, 0.6) is 0 Å². The topological polar surface area (TPSA) is 90.0 Å². The summed E-state index contributed by atoms with van der Waals surface area (Å²) in [7, 11) is 0. The first-order chi connectivity index (χ1) is 19.7. The van der Waals surface area contributed by atoms with Gasteiger partial charge in [0.1, 0.15) is 16.7 Å². The van der Waals surface area contributed by atoms with Gasteiger partial charge in [-0.05, 0) is 67.5 Å². The number of benzene rings is 3. The van der Waals surface area contributed by atoms with Crippen LogP contribution in [-0.4, -0.2) is 61.6 Å². The van der Waals surface area contributed by atoms with Crippen molar-refractivity contribution in [1.29, 1.82) is 0 Å². The van der Waals surface area contributed by atoms with E-state index in [1.807, 2.05) is 54.3 Å². The van der Waals surface area contributed by atoms with Crippen molar-refractivity contribution in [3.8, 4) is 0 Å². The Balaban J connectivity index is 1.23. The van der Waals surface area contributed by atoms with E-state index in [4.69, 9.17) is 0 Å². The predicted molar refractivity (Wildman–Crippen MR) is 154 cm³/mol. The Kier molecular flexibility index (Phi) is 7.11. The third-order valence-corrected chi connectivity index (χ3v) is 10.1. The summed E-state index contributed by atoms with van der Waals surface area (Å²) in [6, 6.07) is 19.9. The smallest absolute Gasteiger partial charge is 0.255 e. The molecule has 6 rings (SSSR count). The SMILES string of the molecule is Cc1c(F)cccc1C(=O)N[C@@H](Cc1ccccc1)[C@H](O)C(=O)N1CSC2(C)[C@H]1C(=O)N2C1CCc2ccccc21. The van der Waals surface area contributed by atoms with Gasteiger partial charge >= 0.3 is 0 Å². The zero-order chi connectivity index (χ0) is 28.9. The van der Waals surface area contributed by atoms with Gasteiger partial charge in [0.05, 0.1) is 18.0 Å². The minimum absolute atomic E-state index is 0.0351. The maximum Gasteiger partial charge on any atom is 0.255 e. The first-order valence-corrected chi connectivity index (χ1v) is 14.8. The molecule has 3 aliphatic rings. The number of carbonyl (C=O) groups excluding carboxylic acids is 3. The second kappa shape index (κ2) is 10.6. The first kappa shape index (κ1) is 27.5. The number of aliphatic hydroxyl groups is 1. The van der Waals surface area contributed by atoms with E-state index < -0.39 is 40.7 Å². The minimum Gasteiger partial charge on any atom is -0.381 e. The summed E-state index contributed by atoms with van der Waals surface area (Å²) in [6.45, 7) is 3.50. The monoisotopic (exact) mass is 573 g/mol. The Morgan fingerprint density at radius 3 is 2.61 bits per heavy atom. The number of nitrogens with zero attached hydrogens (tertiary/aromatic N) is 2. The Bertz CT molecular complexity index is 1520. The zero-order valence-electron chi connectivity index (χ0n) is 22.9. The van der Waals surface area contributed by atoms with E-state index in [0.717, 1.165) is 24.0 Å². The molecule has 1 aliphatic carbocycles. The van der Waals surface area contributed by atoms with Crippen molar-refractivity contribution in [2.45, 2.75) is 62.2 Å². The third kappa shape index (κ3) is 4.61. The Morgan fingerprint density at radius 1 is 1.10 bits per heavy atom. The first-order valence-electron chi connectivity index (χ1n) is 13.8. The maximum absolute atomic E-state index is 14.2. The average molecular weight is 574 g/mol. The summed E-state index contributed by atoms with van der Waals surface area (Å²) < 4.78 is 14.2. The number of likely N-dealkylation sites (tertiary alicyclic amines) is 1. The summed E-state index contributed by atoms with van der Waals surface area (Å²) in [5, 5.41) is 14.2. The number of hydrogen-bond acceptors (Lipinski definition) is 5. The molecule has 0 radical (unpaired) electrons. The highest BCUT2D eigenvalue weighted by atomic mass is 32.2. The van der Waals surface area contributed by atoms with E-state index >= 15 is 0 Å². The van der Waals surface area contributed by atoms with Crippen LogP contribution in [0.2, 0.25) is 0 Å². The molecule has 3 amide bonds. The fourth-order valence-electron chi connectivity index (χ4n) is 6.50. The van der Waals surface area contributed by atoms with Gasteiger partial charge in [0, 0.05) is 5.56 Å². The van der Waals surface area contributed by atoms with Gasteiger partial charge < -0.3 is 20.2 Å². The molecule has 7 nitrogen and oxygen atoms in total. The van der Waals surface area contributed by atoms with Gasteiger partial charge in [-0.15, -0.1) is 11.8 Å². The van der Waals surface area contributed by atoms with Gasteiger partial charge in [-0.2, -0.15) is 0 Å². The zero-order valence-corrected chi connectivity index (χ0v) is 23.7. The Hall–Kier alpha value is -3.69. The molecule has 3 aromatic carbocycles. The van der Waals surface area contributed by atoms with E-state index in [0.29, 0.717) is 0 Å². The number of aliphatic hydroxyl groups excluding tert-OH is 1. The van der Waals surface area contributed by atoms with Crippen molar-refractivity contribution in [3.63, 3.8) is 0 Å². The molecule has 3 aromatic rings. The number of amides is 3. The van der Waals surface area contributed by atoms with Crippen LogP contribution in [0.1, 0.15) is 52.0 Å². The molecule has 0 saturated carbocycles. The predicted octanol–water partition coefficient (Wildman–Crippen LogP) is 3.98. The standard InChI is InChI=1S/C32H32FN3O4S/c1-19-22(13-8-14-24(19)33)29(38)34-25(17-20-9-4-3-5-10-20)27(37)30(39)35-18-41-32(2)28(35)31(40)36(32)26-16-15-21-11-6-7-12-23(21)26/h3-14,25-28,37H,15-18H2,1-2H3,(H,34,38)/t25-,26?,27-,28+,32?/m0/s1. The number of halogens is 1. The molecule has 2 heterocycles. The van der Waals surface area contributed by atoms with E-state index in [1.165, 1.54) is 47.3 Å². The Morgan fingerprint density at radius 2 is 1.83 bits per heavy atom. The van der Waals surface area contributed by atoms with Crippen LogP contribution in [0.3, 0.4) is 0 Å². The maximum atomic E-state index is 14.2. The number of aryl methyl sites for hydroxylation is 1. The molecule has 2 unspecified atom stereocenters. The molecule has 2 fully saturated rings. The minimum atomic E-state index is -1.61. The second-order valence-electron chi connectivity index (χ2n) is 11.1. The van der Waals surface area contributed by atoms with Crippen molar-refractivity contribution in [2.24, 2.45) is 0 Å². The van der Waals surface area contributed by atoms with Crippen molar-refractivity contribution in [1.82, 2.24) is 15.1 Å². The molecular weight excluding hydrogens is 541 g/mol. The number of hydrogen-bond donors (Lipinski definition) is 2. The van der Waals surface area contributed by atoms with Gasteiger partial charge in [0.15, 0.2) is 6.10 Å². The number of nitrogens with one attached hydrogen (secondary N) is 1. The van der Waals surface area contributed by atoms with E-state index in [9.17, 15) is 23.9 Å². The van der Waals surface area contributed by atoms with Crippen LogP contribution >= 0.6 is 11.8 Å². The van der Waals surface area contributed by atoms with Gasteiger partial charge in [-0.25, -0.2) is 4.39 Å². The summed E-state index contributed by atoms with van der Waals surface area (Å²) in [5.41, 5.74) is 3.53. The molecule has 9 heteroatoms. The summed E-state index contributed by atoms with van der Waals surface area (Å²) in [6.07, 6.45) is 0.318. The molecule has 0 bridgehead atoms. The van der Waals surface area contributed by atoms with Gasteiger partial charge in [-0.1, -0.05) is 60.7 Å². The van der Waals surface area contributed by atoms with Crippen LogP contribution in [-0.2, 0) is 22.4 Å². The third-order valence-electron chi connectivity index (χ3n) is 8.72. The number of β-lactam (4-membered cyclic amide) rings is 1. The molecule has 212 valence electrons. The normalized spacial score (nSPS) is 24.3. The lowest BCUT2D eigenvalue weighted by Gasteiger charge is -2.55. The Labute approximate surface area is 242 Å². The lowest BCUT2D eigenvalue weighted by molar-refractivity contribution is -0.171. The molecular formula is C32H32FN3O4S. The van der Waals surface area contributed by atoms with Crippen LogP contribution in [0, 0.1) is 12.7 Å². The highest BCUT2D eigenvalue weighted by molar-refractivity contribution is 8.01. The molecule has 41 heavy (non-hydrogen) atoms. The highest BCUT2D eigenvalue weighted by Crippen LogP contribution is 2.56. The lowest BCUT2D eigenvalue weighted by atomic mass is 9.89. The summed E-state index contributed by atoms with van der Waals surface area (Å²) in [5.74, 6) is -1.58. The summed E-state index contributed by atoms with van der Waals surface area (Å²) >= 11 is 1.52. The number of carbonyl (C=O) groups is 3. The number of rotatable bonds is 7. The lowest BCUT2D eigenvalue weighted by Crippen LogP contribution is -2.74. The van der Waals surface area contributed by atoms with Gasteiger partial charge in [0.2, 0.25) is 5.91 Å². The van der Waals surface area contributed by atoms with Crippen LogP contribution in [0.25, 0.3) is 0 Å². The van der Waals surface area contributed by atoms with Crippen LogP contribution < -0.4 is 5.32 Å². The summed E-state index contributed by atoms with van der Waals surface area (Å²) in [4.78, 5) is 43.4. The van der Waals surface area contributed by atoms with E-state index in [1.54, 1.807) is 0 Å². The molecule has 2 saturated heterocycles. The quantitative estimate of drug-likeness (QED) is 0.418. The van der Waals surface area contributed by atoms with Crippen molar-refractivity contribution in [3.05, 3.63) is 106 Å². The molecule has 2 aliphatic heterocycles. The highest BCUT2D eigenvalue weighted by Gasteiger charge is 2.67. The van der Waals surface area contributed by atoms with Crippen LogP contribution in [0.15, 0.2) is 72.8 Å². The van der Waals surface area contributed by atoms with Crippen molar-refractivity contribution < 1.29 is 23.9 Å². The molecule has 0 aromatic heterocycles. The fraction of sp³-hybridized carbons (Fsp3) is 0.344.